The van der Waals surface area contributed by atoms with E-state index < -0.39 is 0 Å². The standard InChI is InChI=1S/C25H33FN2O2/c1-27(25(29)14-11-20-9-12-23(26)13-10-20)18-21-6-5-16-28(19-21)17-15-22-7-3-4-8-24(22)30-2/h3-4,7-10,12-13,21H,5-6,11,14-19H2,1-2H3. The van der Waals surface area contributed by atoms with Crippen molar-refractivity contribution in [1.29, 1.82) is 0 Å². The highest BCUT2D eigenvalue weighted by Gasteiger charge is 2.22. The maximum atomic E-state index is 13.0. The molecule has 0 N–H and O–H groups in total. The summed E-state index contributed by atoms with van der Waals surface area (Å²) in [5.41, 5.74) is 2.24. The molecule has 0 radical (unpaired) electrons. The third-order valence-electron chi connectivity index (χ3n) is 5.99. The van der Waals surface area contributed by atoms with Gasteiger partial charge in [0.05, 0.1) is 7.11 Å². The number of carbonyl (C=O) groups is 1. The predicted molar refractivity (Wildman–Crippen MR) is 118 cm³/mol. The number of ether oxygens (including phenoxy) is 1. The Kier molecular flexibility index (Phi) is 8.26. The van der Waals surface area contributed by atoms with Crippen molar-refractivity contribution in [3.05, 3.63) is 65.5 Å². The molecule has 162 valence electrons. The summed E-state index contributed by atoms with van der Waals surface area (Å²) in [7, 11) is 3.62. The molecule has 2 aromatic rings. The molecular weight excluding hydrogens is 379 g/mol. The van der Waals surface area contributed by atoms with Crippen LogP contribution >= 0.6 is 0 Å². The second-order valence-electron chi connectivity index (χ2n) is 8.27. The van der Waals surface area contributed by atoms with Gasteiger partial charge < -0.3 is 14.5 Å². The number of benzene rings is 2. The van der Waals surface area contributed by atoms with E-state index in [4.69, 9.17) is 4.74 Å². The highest BCUT2D eigenvalue weighted by Crippen LogP contribution is 2.21. The van der Waals surface area contributed by atoms with Gasteiger partial charge in [-0.3, -0.25) is 4.79 Å². The number of para-hydroxylation sites is 1. The van der Waals surface area contributed by atoms with E-state index in [9.17, 15) is 9.18 Å². The highest BCUT2D eigenvalue weighted by molar-refractivity contribution is 5.76. The van der Waals surface area contributed by atoms with Gasteiger partial charge in [0.15, 0.2) is 0 Å². The molecule has 0 saturated carbocycles. The molecule has 3 rings (SSSR count). The number of methoxy groups -OCH3 is 1. The molecule has 30 heavy (non-hydrogen) atoms. The summed E-state index contributed by atoms with van der Waals surface area (Å²) in [5, 5.41) is 0. The van der Waals surface area contributed by atoms with Crippen molar-refractivity contribution in [2.75, 3.05) is 40.3 Å². The number of piperidine rings is 1. The first-order valence-corrected chi connectivity index (χ1v) is 10.9. The van der Waals surface area contributed by atoms with E-state index in [0.29, 0.717) is 18.8 Å². The van der Waals surface area contributed by atoms with Crippen LogP contribution in [0.3, 0.4) is 0 Å². The van der Waals surface area contributed by atoms with Gasteiger partial charge >= 0.3 is 0 Å². The number of hydrogen-bond donors (Lipinski definition) is 0. The first-order valence-electron chi connectivity index (χ1n) is 10.9. The van der Waals surface area contributed by atoms with Crippen LogP contribution in [-0.2, 0) is 17.6 Å². The Morgan fingerprint density at radius 1 is 1.17 bits per heavy atom. The van der Waals surface area contributed by atoms with Gasteiger partial charge in [0.25, 0.3) is 0 Å². The number of likely N-dealkylation sites (tertiary alicyclic amines) is 1. The van der Waals surface area contributed by atoms with E-state index >= 15 is 0 Å². The minimum absolute atomic E-state index is 0.158. The van der Waals surface area contributed by atoms with Crippen LogP contribution in [0.1, 0.15) is 30.4 Å². The van der Waals surface area contributed by atoms with Crippen LogP contribution in [0.2, 0.25) is 0 Å². The zero-order valence-corrected chi connectivity index (χ0v) is 18.1. The van der Waals surface area contributed by atoms with Crippen molar-refractivity contribution in [1.82, 2.24) is 9.80 Å². The lowest BCUT2D eigenvalue weighted by atomic mass is 9.96. The van der Waals surface area contributed by atoms with Gasteiger partial charge in [-0.2, -0.15) is 0 Å². The second-order valence-corrected chi connectivity index (χ2v) is 8.27. The molecule has 5 heteroatoms. The summed E-state index contributed by atoms with van der Waals surface area (Å²) in [5.74, 6) is 1.38. The highest BCUT2D eigenvalue weighted by atomic mass is 19.1. The molecule has 1 atom stereocenters. The molecular formula is C25H33FN2O2. The molecule has 2 aromatic carbocycles. The normalized spacial score (nSPS) is 17.0. The summed E-state index contributed by atoms with van der Waals surface area (Å²) in [4.78, 5) is 16.9. The zero-order valence-electron chi connectivity index (χ0n) is 18.1. The molecule has 4 nitrogen and oxygen atoms in total. The molecule has 1 heterocycles. The molecule has 1 aliphatic heterocycles. The average molecular weight is 413 g/mol. The summed E-state index contributed by atoms with van der Waals surface area (Å²) >= 11 is 0. The fraction of sp³-hybridized carbons (Fsp3) is 0.480. The Labute approximate surface area is 179 Å². The smallest absolute Gasteiger partial charge is 0.222 e. The molecule has 0 spiro atoms. The van der Waals surface area contributed by atoms with Crippen molar-refractivity contribution >= 4 is 5.91 Å². The van der Waals surface area contributed by atoms with E-state index in [1.165, 1.54) is 30.5 Å². The zero-order chi connectivity index (χ0) is 21.3. The number of carbonyl (C=O) groups excluding carboxylic acids is 1. The van der Waals surface area contributed by atoms with Gasteiger partial charge in [0.1, 0.15) is 11.6 Å². The fourth-order valence-corrected chi connectivity index (χ4v) is 4.27. The van der Waals surface area contributed by atoms with E-state index in [-0.39, 0.29) is 11.7 Å². The van der Waals surface area contributed by atoms with Gasteiger partial charge in [-0.05, 0) is 67.5 Å². The maximum absolute atomic E-state index is 13.0. The Hall–Kier alpha value is -2.40. The first kappa shape index (κ1) is 22.3. The molecule has 1 aliphatic rings. The fourth-order valence-electron chi connectivity index (χ4n) is 4.27. The Morgan fingerprint density at radius 2 is 1.93 bits per heavy atom. The lowest BCUT2D eigenvalue weighted by molar-refractivity contribution is -0.130. The van der Waals surface area contributed by atoms with Crippen LogP contribution in [0.5, 0.6) is 5.75 Å². The molecule has 1 unspecified atom stereocenters. The van der Waals surface area contributed by atoms with E-state index in [1.807, 2.05) is 24.1 Å². The minimum atomic E-state index is -0.241. The van der Waals surface area contributed by atoms with Crippen molar-refractivity contribution in [2.45, 2.75) is 32.1 Å². The Balaban J connectivity index is 1.43. The minimum Gasteiger partial charge on any atom is -0.496 e. The topological polar surface area (TPSA) is 32.8 Å². The van der Waals surface area contributed by atoms with Gasteiger partial charge in [-0.15, -0.1) is 0 Å². The number of aryl methyl sites for hydroxylation is 1. The quantitative estimate of drug-likeness (QED) is 0.619. The Bertz CT molecular complexity index is 809. The summed E-state index contributed by atoms with van der Waals surface area (Å²) < 4.78 is 18.5. The van der Waals surface area contributed by atoms with Crippen LogP contribution < -0.4 is 4.74 Å². The van der Waals surface area contributed by atoms with Gasteiger partial charge in [-0.1, -0.05) is 30.3 Å². The first-order chi connectivity index (χ1) is 14.5. The van der Waals surface area contributed by atoms with Crippen molar-refractivity contribution in [2.24, 2.45) is 5.92 Å². The largest absolute Gasteiger partial charge is 0.496 e. The SMILES string of the molecule is COc1ccccc1CCN1CCCC(CN(C)C(=O)CCc2ccc(F)cc2)C1. The van der Waals surface area contributed by atoms with Crippen LogP contribution in [-0.4, -0.2) is 56.0 Å². The van der Waals surface area contributed by atoms with Gasteiger partial charge in [0.2, 0.25) is 5.91 Å². The summed E-state index contributed by atoms with van der Waals surface area (Å²) in [6, 6.07) is 14.6. The predicted octanol–water partition coefficient (Wildman–Crippen LogP) is 4.18. The van der Waals surface area contributed by atoms with Gasteiger partial charge in [-0.25, -0.2) is 4.39 Å². The molecule has 0 bridgehead atoms. The second kappa shape index (κ2) is 11.1. The van der Waals surface area contributed by atoms with Crippen LogP contribution in [0.15, 0.2) is 48.5 Å². The Morgan fingerprint density at radius 3 is 2.70 bits per heavy atom. The van der Waals surface area contributed by atoms with Crippen LogP contribution in [0.25, 0.3) is 0 Å². The van der Waals surface area contributed by atoms with Crippen molar-refractivity contribution < 1.29 is 13.9 Å². The number of hydrogen-bond acceptors (Lipinski definition) is 3. The maximum Gasteiger partial charge on any atom is 0.222 e. The third-order valence-corrected chi connectivity index (χ3v) is 5.99. The molecule has 1 fully saturated rings. The van der Waals surface area contributed by atoms with Crippen molar-refractivity contribution in [3.8, 4) is 5.75 Å². The van der Waals surface area contributed by atoms with Crippen LogP contribution in [0.4, 0.5) is 4.39 Å². The molecule has 0 aromatic heterocycles. The van der Waals surface area contributed by atoms with E-state index in [2.05, 4.69) is 17.0 Å². The lowest BCUT2D eigenvalue weighted by Gasteiger charge is -2.35. The molecule has 0 aliphatic carbocycles. The van der Waals surface area contributed by atoms with Crippen LogP contribution in [0, 0.1) is 11.7 Å². The molecule has 1 amide bonds. The summed E-state index contributed by atoms with van der Waals surface area (Å²) in [6.07, 6.45) is 4.43. The van der Waals surface area contributed by atoms with E-state index in [1.54, 1.807) is 19.2 Å². The van der Waals surface area contributed by atoms with Crippen molar-refractivity contribution in [3.63, 3.8) is 0 Å². The summed E-state index contributed by atoms with van der Waals surface area (Å²) in [6.45, 7) is 3.96. The van der Waals surface area contributed by atoms with E-state index in [0.717, 1.165) is 43.9 Å². The monoisotopic (exact) mass is 412 g/mol. The molecule has 1 saturated heterocycles. The number of nitrogens with zero attached hydrogens (tertiary/aromatic N) is 2. The third kappa shape index (κ3) is 6.56. The number of amides is 1. The number of halogens is 1. The lowest BCUT2D eigenvalue weighted by Crippen LogP contribution is -2.42. The average Bonchev–Trinajstić information content (AvgIpc) is 2.77. The number of rotatable bonds is 9. The van der Waals surface area contributed by atoms with Gasteiger partial charge in [0, 0.05) is 33.1 Å².